The molecule has 1 N–H and O–H groups in total. The van der Waals surface area contributed by atoms with Gasteiger partial charge in [-0.05, 0) is 24.3 Å². The van der Waals surface area contributed by atoms with E-state index in [2.05, 4.69) is 12.2 Å². The van der Waals surface area contributed by atoms with E-state index in [0.29, 0.717) is 45.7 Å². The van der Waals surface area contributed by atoms with Crippen LogP contribution in [0.4, 0.5) is 5.69 Å². The molecule has 2 aromatic carbocycles. The molecule has 164 valence electrons. The van der Waals surface area contributed by atoms with E-state index in [1.165, 1.54) is 11.8 Å². The fourth-order valence-corrected chi connectivity index (χ4v) is 5.58. The van der Waals surface area contributed by atoms with Crippen molar-refractivity contribution in [3.8, 4) is 17.2 Å². The summed E-state index contributed by atoms with van der Waals surface area (Å²) in [5.41, 5.74) is 2.11. The molecule has 9 heteroatoms. The maximum Gasteiger partial charge on any atom is 0.272 e. The molecule has 0 radical (unpaired) electrons. The lowest BCUT2D eigenvalue weighted by atomic mass is 10.2. The SMILES string of the molecule is CC1Cc2nc(SCC(=O)Nc3ccc4c(c3)OCCO4)n(-c3ccccc3)c(=O)c2S1. The zero-order valence-electron chi connectivity index (χ0n) is 17.4. The van der Waals surface area contributed by atoms with Crippen molar-refractivity contribution in [3.05, 3.63) is 64.6 Å². The van der Waals surface area contributed by atoms with Gasteiger partial charge >= 0.3 is 0 Å². The van der Waals surface area contributed by atoms with Crippen molar-refractivity contribution in [3.63, 3.8) is 0 Å². The minimum absolute atomic E-state index is 0.0784. The quantitative estimate of drug-likeness (QED) is 0.452. The molecule has 0 aliphatic carbocycles. The van der Waals surface area contributed by atoms with Gasteiger partial charge in [0, 0.05) is 23.4 Å². The fraction of sp³-hybridized carbons (Fsp3) is 0.261. The van der Waals surface area contributed by atoms with Gasteiger partial charge in [-0.2, -0.15) is 0 Å². The number of ether oxygens (including phenoxy) is 2. The largest absolute Gasteiger partial charge is 0.486 e. The molecule has 0 bridgehead atoms. The average Bonchev–Trinajstić information content (AvgIpc) is 3.19. The molecule has 1 atom stereocenters. The number of fused-ring (bicyclic) bond motifs is 2. The van der Waals surface area contributed by atoms with Crippen molar-refractivity contribution < 1.29 is 14.3 Å². The summed E-state index contributed by atoms with van der Waals surface area (Å²) in [6.45, 7) is 3.09. The Kier molecular flexibility index (Phi) is 5.84. The molecule has 0 fully saturated rings. The summed E-state index contributed by atoms with van der Waals surface area (Å²) in [6.07, 6.45) is 0.752. The van der Waals surface area contributed by atoms with E-state index in [-0.39, 0.29) is 17.2 Å². The molecule has 1 unspecified atom stereocenters. The molecule has 2 aliphatic heterocycles. The van der Waals surface area contributed by atoms with E-state index in [1.807, 2.05) is 30.3 Å². The Bertz CT molecular complexity index is 1230. The first-order valence-corrected chi connectivity index (χ1v) is 12.2. The zero-order chi connectivity index (χ0) is 22.1. The molecule has 32 heavy (non-hydrogen) atoms. The summed E-state index contributed by atoms with van der Waals surface area (Å²) in [7, 11) is 0. The molecule has 0 spiro atoms. The topological polar surface area (TPSA) is 82.4 Å². The average molecular weight is 468 g/mol. The summed E-state index contributed by atoms with van der Waals surface area (Å²) >= 11 is 2.82. The fourth-order valence-electron chi connectivity index (χ4n) is 3.65. The van der Waals surface area contributed by atoms with Gasteiger partial charge in [-0.3, -0.25) is 14.2 Å². The van der Waals surface area contributed by atoms with Crippen molar-refractivity contribution >= 4 is 35.1 Å². The third-order valence-corrected chi connectivity index (χ3v) is 7.21. The van der Waals surface area contributed by atoms with Crippen LogP contribution in [0, 0.1) is 0 Å². The predicted octanol–water partition coefficient (Wildman–Crippen LogP) is 3.77. The van der Waals surface area contributed by atoms with Crippen molar-refractivity contribution in [1.29, 1.82) is 0 Å². The first-order valence-electron chi connectivity index (χ1n) is 10.3. The number of benzene rings is 2. The number of amides is 1. The van der Waals surface area contributed by atoms with Crippen LogP contribution in [-0.2, 0) is 11.2 Å². The van der Waals surface area contributed by atoms with Crippen molar-refractivity contribution in [2.45, 2.75) is 28.6 Å². The molecular formula is C23H21N3O4S2. The van der Waals surface area contributed by atoms with E-state index in [0.717, 1.165) is 17.8 Å². The van der Waals surface area contributed by atoms with Crippen LogP contribution < -0.4 is 20.3 Å². The van der Waals surface area contributed by atoms with Gasteiger partial charge in [-0.1, -0.05) is 36.9 Å². The zero-order valence-corrected chi connectivity index (χ0v) is 19.0. The van der Waals surface area contributed by atoms with Gasteiger partial charge < -0.3 is 14.8 Å². The summed E-state index contributed by atoms with van der Waals surface area (Å²) in [5, 5.41) is 3.71. The van der Waals surface area contributed by atoms with Crippen LogP contribution in [-0.4, -0.2) is 39.7 Å². The number of rotatable bonds is 5. The van der Waals surface area contributed by atoms with E-state index < -0.39 is 0 Å². The number of hydrogen-bond acceptors (Lipinski definition) is 7. The Morgan fingerprint density at radius 1 is 1.19 bits per heavy atom. The normalized spacial score (nSPS) is 16.5. The van der Waals surface area contributed by atoms with Crippen LogP contribution in [0.3, 0.4) is 0 Å². The monoisotopic (exact) mass is 467 g/mol. The van der Waals surface area contributed by atoms with Crippen molar-refractivity contribution in [2.75, 3.05) is 24.3 Å². The lowest BCUT2D eigenvalue weighted by Gasteiger charge is -2.19. The number of thioether (sulfide) groups is 2. The van der Waals surface area contributed by atoms with Crippen LogP contribution in [0.15, 0.2) is 63.4 Å². The van der Waals surface area contributed by atoms with E-state index in [4.69, 9.17) is 14.5 Å². The van der Waals surface area contributed by atoms with E-state index in [1.54, 1.807) is 34.5 Å². The Morgan fingerprint density at radius 2 is 1.97 bits per heavy atom. The van der Waals surface area contributed by atoms with E-state index in [9.17, 15) is 9.59 Å². The summed E-state index contributed by atoms with van der Waals surface area (Å²) in [5.74, 6) is 1.22. The van der Waals surface area contributed by atoms with Gasteiger partial charge in [0.05, 0.1) is 22.0 Å². The summed E-state index contributed by atoms with van der Waals surface area (Å²) in [6, 6.07) is 14.7. The molecule has 0 saturated heterocycles. The Balaban J connectivity index is 1.37. The van der Waals surface area contributed by atoms with Crippen LogP contribution in [0.25, 0.3) is 5.69 Å². The van der Waals surface area contributed by atoms with Crippen molar-refractivity contribution in [2.24, 2.45) is 0 Å². The first-order chi connectivity index (χ1) is 15.6. The maximum absolute atomic E-state index is 13.3. The summed E-state index contributed by atoms with van der Waals surface area (Å²) < 4.78 is 12.7. The van der Waals surface area contributed by atoms with Crippen LogP contribution in [0.2, 0.25) is 0 Å². The number of nitrogens with one attached hydrogen (secondary N) is 1. The second-order valence-corrected chi connectivity index (χ2v) is 9.87. The number of nitrogens with zero attached hydrogens (tertiary/aromatic N) is 2. The molecule has 3 heterocycles. The Hall–Kier alpha value is -2.91. The number of carbonyl (C=O) groups excluding carboxylic acids is 1. The molecule has 1 amide bonds. The van der Waals surface area contributed by atoms with Gasteiger partial charge in [-0.25, -0.2) is 4.98 Å². The lowest BCUT2D eigenvalue weighted by molar-refractivity contribution is -0.113. The molecule has 5 rings (SSSR count). The second-order valence-electron chi connectivity index (χ2n) is 7.47. The Labute approximate surface area is 193 Å². The number of hydrogen-bond donors (Lipinski definition) is 1. The molecule has 0 saturated carbocycles. The third-order valence-electron chi connectivity index (χ3n) is 5.05. The minimum atomic E-state index is -0.191. The third kappa shape index (κ3) is 4.22. The molecule has 1 aromatic heterocycles. The van der Waals surface area contributed by atoms with Gasteiger partial charge in [0.15, 0.2) is 16.7 Å². The van der Waals surface area contributed by atoms with Crippen molar-refractivity contribution in [1.82, 2.24) is 9.55 Å². The van der Waals surface area contributed by atoms with Crippen LogP contribution >= 0.6 is 23.5 Å². The highest BCUT2D eigenvalue weighted by Crippen LogP contribution is 2.35. The van der Waals surface area contributed by atoms with Gasteiger partial charge in [0.2, 0.25) is 5.91 Å². The standard InChI is InChI=1S/C23H21N3O4S2/c1-14-11-17-21(32-14)22(28)26(16-5-3-2-4-6-16)23(25-17)31-13-20(27)24-15-7-8-18-19(12-15)30-10-9-29-18/h2-8,12,14H,9-11,13H2,1H3,(H,24,27). The number of carbonyl (C=O) groups is 1. The maximum atomic E-state index is 13.3. The molecular weight excluding hydrogens is 446 g/mol. The van der Waals surface area contributed by atoms with Crippen LogP contribution in [0.1, 0.15) is 12.6 Å². The second kappa shape index (κ2) is 8.91. The first kappa shape index (κ1) is 21.0. The highest BCUT2D eigenvalue weighted by molar-refractivity contribution is 8.00. The summed E-state index contributed by atoms with van der Waals surface area (Å²) in [4.78, 5) is 31.4. The van der Waals surface area contributed by atoms with Crippen LogP contribution in [0.5, 0.6) is 11.5 Å². The van der Waals surface area contributed by atoms with Gasteiger partial charge in [0.25, 0.3) is 5.56 Å². The molecule has 2 aliphatic rings. The number of anilines is 1. The van der Waals surface area contributed by atoms with Gasteiger partial charge in [0.1, 0.15) is 13.2 Å². The minimum Gasteiger partial charge on any atom is -0.486 e. The number of aromatic nitrogens is 2. The lowest BCUT2D eigenvalue weighted by Crippen LogP contribution is -2.24. The number of para-hydroxylation sites is 1. The Morgan fingerprint density at radius 3 is 2.78 bits per heavy atom. The predicted molar refractivity (Wildman–Crippen MR) is 126 cm³/mol. The highest BCUT2D eigenvalue weighted by Gasteiger charge is 2.27. The van der Waals surface area contributed by atoms with E-state index >= 15 is 0 Å². The molecule has 7 nitrogen and oxygen atoms in total. The highest BCUT2D eigenvalue weighted by atomic mass is 32.2. The molecule has 3 aromatic rings. The smallest absolute Gasteiger partial charge is 0.272 e. The van der Waals surface area contributed by atoms with Gasteiger partial charge in [-0.15, -0.1) is 11.8 Å².